The number of rotatable bonds is 7. The van der Waals surface area contributed by atoms with Crippen molar-refractivity contribution in [2.75, 3.05) is 13.1 Å². The number of alkyl halides is 6. The molecule has 2 fully saturated rings. The molecular formula is C27H31F6NO3. The Morgan fingerprint density at radius 2 is 1.62 bits per heavy atom. The van der Waals surface area contributed by atoms with E-state index in [-0.39, 0.29) is 43.2 Å². The van der Waals surface area contributed by atoms with Crippen LogP contribution in [0.25, 0.3) is 10.8 Å². The highest BCUT2D eigenvalue weighted by molar-refractivity contribution is 5.89. The van der Waals surface area contributed by atoms with E-state index in [1.807, 2.05) is 0 Å². The maximum Gasteiger partial charge on any atom is 0.420 e. The van der Waals surface area contributed by atoms with Gasteiger partial charge in [0.2, 0.25) is 0 Å². The summed E-state index contributed by atoms with van der Waals surface area (Å²) < 4.78 is 86.7. The molecule has 0 amide bonds. The number of carboxylic acid groups (broad SMARTS) is 1. The first-order valence-electron chi connectivity index (χ1n) is 12.7. The van der Waals surface area contributed by atoms with Gasteiger partial charge in [-0.3, -0.25) is 9.69 Å². The number of halogens is 6. The lowest BCUT2D eigenvalue weighted by atomic mass is 9.87. The van der Waals surface area contributed by atoms with Gasteiger partial charge in [-0.25, -0.2) is 0 Å². The quantitative estimate of drug-likeness (QED) is 0.378. The number of ether oxygens (including phenoxy) is 1. The molecule has 37 heavy (non-hydrogen) atoms. The molecule has 1 saturated heterocycles. The molecule has 1 heterocycles. The van der Waals surface area contributed by atoms with Gasteiger partial charge in [0.15, 0.2) is 0 Å². The smallest absolute Gasteiger partial charge is 0.420 e. The first-order chi connectivity index (χ1) is 17.4. The average molecular weight is 532 g/mol. The minimum atomic E-state index is -4.68. The molecule has 0 bridgehead atoms. The fourth-order valence-corrected chi connectivity index (χ4v) is 5.55. The average Bonchev–Trinajstić information content (AvgIpc) is 2.82. The molecule has 1 N–H and O–H groups in total. The number of aliphatic carboxylic acids is 1. The van der Waals surface area contributed by atoms with Crippen LogP contribution < -0.4 is 4.74 Å². The standard InChI is InChI=1S/C27H31F6NO3/c28-26(29,30)20-4-6-21(7-5-20)37-23-9-3-19-15-18(1-8-22(19)25(23)27(31,32)33)16-34-13-11-17(12-14-34)2-10-24(35)36/h1,3,8-9,15,17,20-21H,2,4-7,10-14,16H2,(H,35,36)/t20-,21+. The number of hydrogen-bond donors (Lipinski definition) is 1. The number of carboxylic acids is 1. The van der Waals surface area contributed by atoms with Gasteiger partial charge in [-0.15, -0.1) is 0 Å². The molecular weight excluding hydrogens is 500 g/mol. The van der Waals surface area contributed by atoms with Crippen molar-refractivity contribution in [3.05, 3.63) is 41.5 Å². The summed E-state index contributed by atoms with van der Waals surface area (Å²) in [7, 11) is 0. The van der Waals surface area contributed by atoms with E-state index >= 15 is 0 Å². The lowest BCUT2D eigenvalue weighted by molar-refractivity contribution is -0.185. The van der Waals surface area contributed by atoms with Crippen LogP contribution in [-0.4, -0.2) is 41.3 Å². The fourth-order valence-electron chi connectivity index (χ4n) is 5.55. The number of piperidine rings is 1. The van der Waals surface area contributed by atoms with Crippen molar-refractivity contribution in [2.45, 2.75) is 76.4 Å². The van der Waals surface area contributed by atoms with Crippen LogP contribution in [0.5, 0.6) is 5.75 Å². The Hall–Kier alpha value is -2.49. The van der Waals surface area contributed by atoms with Crippen molar-refractivity contribution < 1.29 is 41.0 Å². The van der Waals surface area contributed by atoms with Gasteiger partial charge < -0.3 is 9.84 Å². The number of benzene rings is 2. The topological polar surface area (TPSA) is 49.8 Å². The summed E-state index contributed by atoms with van der Waals surface area (Å²) >= 11 is 0. The van der Waals surface area contributed by atoms with E-state index in [1.165, 1.54) is 12.1 Å². The van der Waals surface area contributed by atoms with E-state index in [0.29, 0.717) is 24.3 Å². The minimum Gasteiger partial charge on any atom is -0.490 e. The van der Waals surface area contributed by atoms with Crippen molar-refractivity contribution in [3.63, 3.8) is 0 Å². The van der Waals surface area contributed by atoms with Crippen molar-refractivity contribution >= 4 is 16.7 Å². The molecule has 4 rings (SSSR count). The van der Waals surface area contributed by atoms with E-state index in [0.717, 1.165) is 31.5 Å². The zero-order valence-electron chi connectivity index (χ0n) is 20.4. The van der Waals surface area contributed by atoms with E-state index in [4.69, 9.17) is 9.84 Å². The number of likely N-dealkylation sites (tertiary alicyclic amines) is 1. The summed E-state index contributed by atoms with van der Waals surface area (Å²) in [5.74, 6) is -2.19. The molecule has 10 heteroatoms. The van der Waals surface area contributed by atoms with Crippen molar-refractivity contribution in [3.8, 4) is 5.75 Å². The second-order valence-corrected chi connectivity index (χ2v) is 10.3. The molecule has 1 aliphatic carbocycles. The highest BCUT2D eigenvalue weighted by Crippen LogP contribution is 2.44. The van der Waals surface area contributed by atoms with Crippen LogP contribution >= 0.6 is 0 Å². The van der Waals surface area contributed by atoms with Crippen LogP contribution in [0.4, 0.5) is 26.3 Å². The first-order valence-corrected chi connectivity index (χ1v) is 12.7. The Morgan fingerprint density at radius 1 is 0.946 bits per heavy atom. The monoisotopic (exact) mass is 531 g/mol. The summed E-state index contributed by atoms with van der Waals surface area (Å²) in [5, 5.41) is 9.29. The molecule has 204 valence electrons. The van der Waals surface area contributed by atoms with Crippen molar-refractivity contribution in [1.29, 1.82) is 0 Å². The van der Waals surface area contributed by atoms with Gasteiger partial charge in [-0.1, -0.05) is 18.2 Å². The molecule has 2 aliphatic rings. The second kappa shape index (κ2) is 11.1. The molecule has 4 nitrogen and oxygen atoms in total. The predicted octanol–water partition coefficient (Wildman–Crippen LogP) is 7.44. The van der Waals surface area contributed by atoms with Crippen molar-refractivity contribution in [1.82, 2.24) is 4.90 Å². The van der Waals surface area contributed by atoms with E-state index in [1.54, 1.807) is 18.2 Å². The number of carbonyl (C=O) groups is 1. The van der Waals surface area contributed by atoms with E-state index in [9.17, 15) is 31.1 Å². The zero-order chi connectivity index (χ0) is 26.8. The Bertz CT molecular complexity index is 1080. The highest BCUT2D eigenvalue weighted by Gasteiger charge is 2.42. The Kier molecular flexibility index (Phi) is 8.26. The van der Waals surface area contributed by atoms with Gasteiger partial charge in [0, 0.05) is 13.0 Å². The zero-order valence-corrected chi connectivity index (χ0v) is 20.4. The largest absolute Gasteiger partial charge is 0.490 e. The van der Waals surface area contributed by atoms with Crippen LogP contribution in [0.1, 0.15) is 62.5 Å². The third kappa shape index (κ3) is 7.09. The lowest BCUT2D eigenvalue weighted by Crippen LogP contribution is -2.33. The summed E-state index contributed by atoms with van der Waals surface area (Å²) in [6.07, 6.45) is -7.23. The summed E-state index contributed by atoms with van der Waals surface area (Å²) in [4.78, 5) is 13.0. The molecule has 2 aromatic rings. The normalized spacial score (nSPS) is 22.3. The first kappa shape index (κ1) is 27.5. The van der Waals surface area contributed by atoms with Crippen molar-refractivity contribution in [2.24, 2.45) is 11.8 Å². The van der Waals surface area contributed by atoms with Crippen LogP contribution in [0, 0.1) is 11.8 Å². The second-order valence-electron chi connectivity index (χ2n) is 10.3. The van der Waals surface area contributed by atoms with Gasteiger partial charge in [0.1, 0.15) is 11.3 Å². The third-order valence-electron chi connectivity index (χ3n) is 7.64. The highest BCUT2D eigenvalue weighted by atomic mass is 19.4. The fraction of sp³-hybridized carbons (Fsp3) is 0.593. The van der Waals surface area contributed by atoms with Gasteiger partial charge in [-0.05, 0) is 92.4 Å². The Morgan fingerprint density at radius 3 is 2.22 bits per heavy atom. The SMILES string of the molecule is O=C(O)CCC1CCN(Cc2ccc3c(C(F)(F)F)c(O[C@H]4CC[C@@H](C(F)(F)F)CC4)ccc3c2)CC1. The van der Waals surface area contributed by atoms with Gasteiger partial charge in [-0.2, -0.15) is 26.3 Å². The van der Waals surface area contributed by atoms with E-state index < -0.39 is 35.9 Å². The summed E-state index contributed by atoms with van der Waals surface area (Å²) in [6, 6.07) is 7.70. The maximum atomic E-state index is 14.1. The molecule has 0 radical (unpaired) electrons. The van der Waals surface area contributed by atoms with Crippen LogP contribution in [-0.2, 0) is 17.5 Å². The number of fused-ring (bicyclic) bond motifs is 1. The maximum absolute atomic E-state index is 14.1. The van der Waals surface area contributed by atoms with E-state index in [2.05, 4.69) is 4.90 Å². The molecule has 1 saturated carbocycles. The lowest BCUT2D eigenvalue weighted by Gasteiger charge is -2.32. The number of nitrogens with zero attached hydrogens (tertiary/aromatic N) is 1. The van der Waals surface area contributed by atoms with Crippen LogP contribution in [0.15, 0.2) is 30.3 Å². The summed E-state index contributed by atoms with van der Waals surface area (Å²) in [5.41, 5.74) is -0.0162. The molecule has 0 unspecified atom stereocenters. The molecule has 2 aromatic carbocycles. The molecule has 1 aliphatic heterocycles. The summed E-state index contributed by atoms with van der Waals surface area (Å²) in [6.45, 7) is 2.20. The Balaban J connectivity index is 1.45. The Labute approximate surface area is 211 Å². The molecule has 0 atom stereocenters. The van der Waals surface area contributed by atoms with Gasteiger partial charge >= 0.3 is 18.3 Å². The van der Waals surface area contributed by atoms with Gasteiger partial charge in [0.25, 0.3) is 0 Å². The molecule has 0 spiro atoms. The molecule has 0 aromatic heterocycles. The van der Waals surface area contributed by atoms with Crippen LogP contribution in [0.2, 0.25) is 0 Å². The third-order valence-corrected chi connectivity index (χ3v) is 7.64. The minimum absolute atomic E-state index is 0.00473. The number of hydrogen-bond acceptors (Lipinski definition) is 3. The predicted molar refractivity (Wildman–Crippen MR) is 126 cm³/mol. The van der Waals surface area contributed by atoms with Crippen LogP contribution in [0.3, 0.4) is 0 Å². The van der Waals surface area contributed by atoms with Gasteiger partial charge in [0.05, 0.1) is 12.0 Å².